The molecule has 9 heteroatoms. The fourth-order valence-corrected chi connectivity index (χ4v) is 3.91. The summed E-state index contributed by atoms with van der Waals surface area (Å²) in [4.78, 5) is 33.0. The Balaban J connectivity index is 1.51. The summed E-state index contributed by atoms with van der Waals surface area (Å²) in [6, 6.07) is 18.9. The summed E-state index contributed by atoms with van der Waals surface area (Å²) < 4.78 is 1.56. The molecule has 2 aromatic heterocycles. The fourth-order valence-electron chi connectivity index (χ4n) is 3.91. The molecule has 0 aliphatic rings. The molecule has 0 saturated carbocycles. The predicted molar refractivity (Wildman–Crippen MR) is 128 cm³/mol. The van der Waals surface area contributed by atoms with E-state index in [-0.39, 0.29) is 22.6 Å². The number of anilines is 2. The van der Waals surface area contributed by atoms with Gasteiger partial charge in [-0.25, -0.2) is 9.59 Å². The molecule has 9 nitrogen and oxygen atoms in total. The van der Waals surface area contributed by atoms with Crippen molar-refractivity contribution < 1.29 is 19.8 Å². The van der Waals surface area contributed by atoms with Gasteiger partial charge in [0.1, 0.15) is 5.69 Å². The number of aromatic carboxylic acids is 1. The van der Waals surface area contributed by atoms with Crippen LogP contribution in [0.25, 0.3) is 21.8 Å². The molecule has 4 N–H and O–H groups in total. The number of carbonyl (C=O) groups excluding carboxylic acids is 1. The number of aliphatic hydroxyl groups is 1. The van der Waals surface area contributed by atoms with Crippen molar-refractivity contribution in [2.45, 2.75) is 6.23 Å². The van der Waals surface area contributed by atoms with Crippen molar-refractivity contribution >= 4 is 45.2 Å². The monoisotopic (exact) mass is 453 g/mol. The van der Waals surface area contributed by atoms with Crippen LogP contribution in [0.5, 0.6) is 0 Å². The van der Waals surface area contributed by atoms with Crippen molar-refractivity contribution in [3.63, 3.8) is 0 Å². The lowest BCUT2D eigenvalue weighted by molar-refractivity contribution is 0.0696. The molecule has 0 bridgehead atoms. The first-order chi connectivity index (χ1) is 16.5. The number of aromatic nitrogens is 3. The zero-order chi connectivity index (χ0) is 23.7. The van der Waals surface area contributed by atoms with E-state index in [0.29, 0.717) is 0 Å². The van der Waals surface area contributed by atoms with Gasteiger partial charge in [0.05, 0.1) is 22.8 Å². The van der Waals surface area contributed by atoms with Gasteiger partial charge in [-0.3, -0.25) is 14.5 Å². The first-order valence-corrected chi connectivity index (χ1v) is 10.4. The van der Waals surface area contributed by atoms with Crippen LogP contribution < -0.4 is 10.6 Å². The number of rotatable bonds is 5. The minimum absolute atomic E-state index is 0.0612. The standard InChI is InChI=1S/C25H19N5O4/c31-23(20-14-26-9-10-27-20)28-16-11-15(24(32)33)12-17(13-16)29-25(34)30-21-7-3-1-5-18(21)19-6-2-4-8-22(19)30/h1-14,23,28,31H,(H,29,34)(H,32,33). The molecule has 0 aliphatic carbocycles. The molecule has 3 aromatic carbocycles. The molecule has 168 valence electrons. The molecular weight excluding hydrogens is 434 g/mol. The van der Waals surface area contributed by atoms with Gasteiger partial charge in [-0.05, 0) is 30.3 Å². The van der Waals surface area contributed by atoms with Crippen molar-refractivity contribution in [1.82, 2.24) is 14.5 Å². The number of hydrogen-bond acceptors (Lipinski definition) is 6. The van der Waals surface area contributed by atoms with E-state index in [1.807, 2.05) is 48.5 Å². The van der Waals surface area contributed by atoms with E-state index in [0.717, 1.165) is 21.8 Å². The number of nitrogens with one attached hydrogen (secondary N) is 2. The molecule has 0 fully saturated rings. The third-order valence-electron chi connectivity index (χ3n) is 5.38. The molecule has 5 rings (SSSR count). The summed E-state index contributed by atoms with van der Waals surface area (Å²) in [5.74, 6) is -1.18. The number of para-hydroxylation sites is 2. The van der Waals surface area contributed by atoms with Crippen molar-refractivity contribution in [2.24, 2.45) is 0 Å². The Morgan fingerprint density at radius 3 is 2.15 bits per heavy atom. The Labute approximate surface area is 193 Å². The Morgan fingerprint density at radius 1 is 0.882 bits per heavy atom. The molecule has 1 unspecified atom stereocenters. The molecule has 2 heterocycles. The summed E-state index contributed by atoms with van der Waals surface area (Å²) in [6.45, 7) is 0. The number of fused-ring (bicyclic) bond motifs is 3. The Bertz CT molecular complexity index is 1480. The van der Waals surface area contributed by atoms with E-state index in [1.54, 1.807) is 4.57 Å². The number of carboxylic acid groups (broad SMARTS) is 1. The lowest BCUT2D eigenvalue weighted by Crippen LogP contribution is -2.20. The molecule has 1 amide bonds. The maximum Gasteiger partial charge on any atom is 0.335 e. The van der Waals surface area contributed by atoms with Gasteiger partial charge in [0, 0.05) is 34.5 Å². The highest BCUT2D eigenvalue weighted by atomic mass is 16.4. The highest BCUT2D eigenvalue weighted by molar-refractivity contribution is 6.15. The zero-order valence-corrected chi connectivity index (χ0v) is 17.7. The summed E-state index contributed by atoms with van der Waals surface area (Å²) in [6.07, 6.45) is 3.08. The molecule has 0 aliphatic heterocycles. The normalized spacial score (nSPS) is 11.9. The molecule has 1 atom stereocenters. The molecule has 0 saturated heterocycles. The minimum atomic E-state index is -1.22. The molecular formula is C25H19N5O4. The average Bonchev–Trinajstić information content (AvgIpc) is 3.19. The lowest BCUT2D eigenvalue weighted by atomic mass is 10.1. The third-order valence-corrected chi connectivity index (χ3v) is 5.38. The van der Waals surface area contributed by atoms with Gasteiger partial charge in [0.25, 0.3) is 0 Å². The summed E-state index contributed by atoms with van der Waals surface area (Å²) in [5, 5.41) is 27.4. The van der Waals surface area contributed by atoms with Crippen LogP contribution >= 0.6 is 0 Å². The molecule has 34 heavy (non-hydrogen) atoms. The molecule has 5 aromatic rings. The van der Waals surface area contributed by atoms with Crippen LogP contribution in [0.2, 0.25) is 0 Å². The first kappa shape index (κ1) is 21.1. The quantitative estimate of drug-likeness (QED) is 0.289. The number of hydrogen-bond donors (Lipinski definition) is 4. The van der Waals surface area contributed by atoms with Crippen LogP contribution in [-0.4, -0.2) is 36.7 Å². The number of benzene rings is 3. The Hall–Kier alpha value is -4.76. The van der Waals surface area contributed by atoms with Gasteiger partial charge >= 0.3 is 12.0 Å². The predicted octanol–water partition coefficient (Wildman–Crippen LogP) is 4.47. The van der Waals surface area contributed by atoms with Crippen LogP contribution in [0.4, 0.5) is 16.2 Å². The van der Waals surface area contributed by atoms with E-state index < -0.39 is 18.2 Å². The zero-order valence-electron chi connectivity index (χ0n) is 17.7. The van der Waals surface area contributed by atoms with Gasteiger partial charge in [0.2, 0.25) is 0 Å². The van der Waals surface area contributed by atoms with E-state index in [1.165, 1.54) is 36.8 Å². The van der Waals surface area contributed by atoms with Crippen LogP contribution in [0.1, 0.15) is 22.3 Å². The Morgan fingerprint density at radius 2 is 1.53 bits per heavy atom. The van der Waals surface area contributed by atoms with Crippen molar-refractivity contribution in [1.29, 1.82) is 0 Å². The number of nitrogens with zero attached hydrogens (tertiary/aromatic N) is 3. The highest BCUT2D eigenvalue weighted by Crippen LogP contribution is 2.29. The summed E-state index contributed by atoms with van der Waals surface area (Å²) in [7, 11) is 0. The maximum atomic E-state index is 13.4. The smallest absolute Gasteiger partial charge is 0.335 e. The third kappa shape index (κ3) is 3.91. The fraction of sp³-hybridized carbons (Fsp3) is 0.0400. The Kier molecular flexibility index (Phi) is 5.36. The second kappa shape index (κ2) is 8.64. The van der Waals surface area contributed by atoms with Gasteiger partial charge in [-0.15, -0.1) is 0 Å². The maximum absolute atomic E-state index is 13.4. The number of amides is 1. The number of carbonyl (C=O) groups is 2. The van der Waals surface area contributed by atoms with E-state index >= 15 is 0 Å². The van der Waals surface area contributed by atoms with E-state index in [2.05, 4.69) is 20.6 Å². The second-order valence-corrected chi connectivity index (χ2v) is 7.58. The number of carboxylic acids is 1. The van der Waals surface area contributed by atoms with Gasteiger partial charge in [0.15, 0.2) is 6.23 Å². The SMILES string of the molecule is O=C(O)c1cc(NC(=O)n2c3ccccc3c3ccccc32)cc(NC(O)c2cnccn2)c1. The van der Waals surface area contributed by atoms with Crippen LogP contribution in [0.3, 0.4) is 0 Å². The van der Waals surface area contributed by atoms with E-state index in [4.69, 9.17) is 0 Å². The van der Waals surface area contributed by atoms with Crippen molar-refractivity contribution in [2.75, 3.05) is 10.6 Å². The second-order valence-electron chi connectivity index (χ2n) is 7.58. The average molecular weight is 453 g/mol. The minimum Gasteiger partial charge on any atom is -0.478 e. The summed E-state index contributed by atoms with van der Waals surface area (Å²) in [5.41, 5.74) is 2.20. The van der Waals surface area contributed by atoms with Crippen LogP contribution in [0.15, 0.2) is 85.3 Å². The van der Waals surface area contributed by atoms with Crippen molar-refractivity contribution in [3.8, 4) is 0 Å². The van der Waals surface area contributed by atoms with Gasteiger partial charge in [-0.1, -0.05) is 36.4 Å². The first-order valence-electron chi connectivity index (χ1n) is 10.4. The van der Waals surface area contributed by atoms with Crippen LogP contribution in [0, 0.1) is 0 Å². The van der Waals surface area contributed by atoms with E-state index in [9.17, 15) is 19.8 Å². The van der Waals surface area contributed by atoms with Gasteiger partial charge < -0.3 is 20.8 Å². The molecule has 0 radical (unpaired) electrons. The largest absolute Gasteiger partial charge is 0.478 e. The lowest BCUT2D eigenvalue weighted by Gasteiger charge is -2.16. The molecule has 0 spiro atoms. The number of aliphatic hydroxyl groups excluding tert-OH is 1. The van der Waals surface area contributed by atoms with Gasteiger partial charge in [-0.2, -0.15) is 0 Å². The summed E-state index contributed by atoms with van der Waals surface area (Å²) >= 11 is 0. The topological polar surface area (TPSA) is 129 Å². The van der Waals surface area contributed by atoms with Crippen molar-refractivity contribution in [3.05, 3.63) is 96.6 Å². The van der Waals surface area contributed by atoms with Crippen LogP contribution in [-0.2, 0) is 0 Å². The highest BCUT2D eigenvalue weighted by Gasteiger charge is 2.17.